The summed E-state index contributed by atoms with van der Waals surface area (Å²) in [5.41, 5.74) is 0. The van der Waals surface area contributed by atoms with E-state index in [2.05, 4.69) is 72.8 Å². The third kappa shape index (κ3) is 61.7. The zero-order valence-corrected chi connectivity index (χ0v) is 59.9. The van der Waals surface area contributed by atoms with Gasteiger partial charge in [0.05, 0.1) is 26.4 Å². The largest absolute Gasteiger partial charge is 0.472 e. The minimum atomic E-state index is -4.96. The van der Waals surface area contributed by atoms with Crippen molar-refractivity contribution in [1.82, 2.24) is 0 Å². The molecule has 17 nitrogen and oxygen atoms in total. The fourth-order valence-corrected chi connectivity index (χ4v) is 11.7. The van der Waals surface area contributed by atoms with Crippen LogP contribution in [0.5, 0.6) is 0 Å². The molecule has 3 N–H and O–H groups in total. The van der Waals surface area contributed by atoms with Crippen molar-refractivity contribution in [3.63, 3.8) is 0 Å². The Labute approximate surface area is 548 Å². The van der Waals surface area contributed by atoms with Crippen molar-refractivity contribution >= 4 is 39.5 Å². The SMILES string of the molecule is CCCCCC/C=C\C=C/CCCCCCCC(=O)O[C@H](COC(=O)CCCCCCCCC(C)CC)COP(=O)(O)OCC(O)COP(=O)(O)OC[C@@H](COC(=O)CCCCCCCCCCC(C)C)OC(=O)CCCCCCCCCCCCC(C)CC. The monoisotopic (exact) mass is 1320 g/mol. The highest BCUT2D eigenvalue weighted by Gasteiger charge is 2.30. The normalized spacial score (nSPS) is 15.0. The van der Waals surface area contributed by atoms with E-state index in [4.69, 9.17) is 37.0 Å². The van der Waals surface area contributed by atoms with Gasteiger partial charge in [-0.2, -0.15) is 0 Å². The van der Waals surface area contributed by atoms with Crippen LogP contribution in [0.3, 0.4) is 0 Å². The number of rotatable bonds is 67. The van der Waals surface area contributed by atoms with Gasteiger partial charge in [-0.05, 0) is 69.1 Å². The smallest absolute Gasteiger partial charge is 0.462 e. The molecule has 0 aliphatic carbocycles. The minimum Gasteiger partial charge on any atom is -0.462 e. The van der Waals surface area contributed by atoms with E-state index in [-0.39, 0.29) is 25.7 Å². The van der Waals surface area contributed by atoms with Crippen molar-refractivity contribution in [1.29, 1.82) is 0 Å². The fourth-order valence-electron chi connectivity index (χ4n) is 10.1. The van der Waals surface area contributed by atoms with Crippen LogP contribution in [0.15, 0.2) is 24.3 Å². The summed E-state index contributed by atoms with van der Waals surface area (Å²) < 4.78 is 68.3. The molecule has 0 spiro atoms. The molecule has 7 atom stereocenters. The number of ether oxygens (including phenoxy) is 4. The molecule has 0 amide bonds. The molecular formula is C71H134O17P2. The van der Waals surface area contributed by atoms with Crippen molar-refractivity contribution in [3.05, 3.63) is 24.3 Å². The molecule has 0 heterocycles. The van der Waals surface area contributed by atoms with Gasteiger partial charge in [0.2, 0.25) is 0 Å². The topological polar surface area (TPSA) is 237 Å². The molecule has 0 aromatic carbocycles. The molecule has 0 rings (SSSR count). The first-order chi connectivity index (χ1) is 43.3. The quantitative estimate of drug-likeness (QED) is 0.0169. The minimum absolute atomic E-state index is 0.0836. The zero-order chi connectivity index (χ0) is 66.6. The predicted octanol–water partition coefficient (Wildman–Crippen LogP) is 19.8. The van der Waals surface area contributed by atoms with Crippen molar-refractivity contribution in [2.45, 2.75) is 349 Å². The highest BCUT2D eigenvalue weighted by molar-refractivity contribution is 7.47. The first-order valence-corrected chi connectivity index (χ1v) is 39.2. The highest BCUT2D eigenvalue weighted by Crippen LogP contribution is 2.45. The van der Waals surface area contributed by atoms with Gasteiger partial charge >= 0.3 is 39.5 Å². The lowest BCUT2D eigenvalue weighted by Crippen LogP contribution is -2.30. The number of esters is 4. The van der Waals surface area contributed by atoms with Crippen molar-refractivity contribution in [3.8, 4) is 0 Å². The number of carbonyl (C=O) groups excluding carboxylic acids is 4. The van der Waals surface area contributed by atoms with Crippen LogP contribution in [0.2, 0.25) is 0 Å². The maximum atomic E-state index is 13.0. The van der Waals surface area contributed by atoms with Crippen molar-refractivity contribution in [2.75, 3.05) is 39.6 Å². The Morgan fingerprint density at radius 2 is 0.656 bits per heavy atom. The van der Waals surface area contributed by atoms with E-state index in [1.807, 2.05) is 0 Å². The molecule has 0 bridgehead atoms. The molecule has 0 saturated heterocycles. The summed E-state index contributed by atoms with van der Waals surface area (Å²) in [6.45, 7) is 11.7. The van der Waals surface area contributed by atoms with E-state index in [0.717, 1.165) is 127 Å². The number of unbranched alkanes of at least 4 members (excludes halogenated alkanes) is 30. The van der Waals surface area contributed by atoms with E-state index in [0.29, 0.717) is 25.7 Å². The third-order valence-corrected chi connectivity index (χ3v) is 18.4. The number of allylic oxidation sites excluding steroid dienone is 4. The summed E-state index contributed by atoms with van der Waals surface area (Å²) in [6, 6.07) is 0. The molecule has 0 aliphatic rings. The highest BCUT2D eigenvalue weighted by atomic mass is 31.2. The van der Waals surface area contributed by atoms with Crippen molar-refractivity contribution in [2.24, 2.45) is 17.8 Å². The predicted molar refractivity (Wildman–Crippen MR) is 363 cm³/mol. The zero-order valence-electron chi connectivity index (χ0n) is 58.1. The molecule has 0 aliphatic heterocycles. The lowest BCUT2D eigenvalue weighted by Gasteiger charge is -2.21. The Bertz CT molecular complexity index is 1860. The van der Waals surface area contributed by atoms with Crippen LogP contribution in [0.4, 0.5) is 0 Å². The Morgan fingerprint density at radius 3 is 0.989 bits per heavy atom. The van der Waals surface area contributed by atoms with Gasteiger partial charge in [-0.25, -0.2) is 9.13 Å². The average molecular weight is 1320 g/mol. The van der Waals surface area contributed by atoms with Crippen LogP contribution >= 0.6 is 15.6 Å². The van der Waals surface area contributed by atoms with Crippen LogP contribution in [0.25, 0.3) is 0 Å². The van der Waals surface area contributed by atoms with Gasteiger partial charge in [0.15, 0.2) is 12.2 Å². The maximum Gasteiger partial charge on any atom is 0.472 e. The first-order valence-electron chi connectivity index (χ1n) is 36.2. The molecule has 90 heavy (non-hydrogen) atoms. The Balaban J connectivity index is 5.30. The number of aliphatic hydroxyl groups is 1. The lowest BCUT2D eigenvalue weighted by molar-refractivity contribution is -0.161. The Morgan fingerprint density at radius 1 is 0.367 bits per heavy atom. The molecule has 0 aromatic rings. The van der Waals surface area contributed by atoms with Crippen LogP contribution in [0.1, 0.15) is 331 Å². The second-order valence-corrected chi connectivity index (χ2v) is 28.8. The van der Waals surface area contributed by atoms with Gasteiger partial charge in [-0.1, -0.05) is 278 Å². The fraction of sp³-hybridized carbons (Fsp3) is 0.887. The molecule has 0 fully saturated rings. The molecular weight excluding hydrogens is 1190 g/mol. The van der Waals surface area contributed by atoms with Gasteiger partial charge in [0.25, 0.3) is 0 Å². The van der Waals surface area contributed by atoms with Crippen LogP contribution < -0.4 is 0 Å². The molecule has 0 radical (unpaired) electrons. The number of carbonyl (C=O) groups is 4. The average Bonchev–Trinajstić information content (AvgIpc) is 2.30. The summed E-state index contributed by atoms with van der Waals surface area (Å²) in [4.78, 5) is 72.5. The Hall–Kier alpha value is -2.46. The number of phosphoric ester groups is 2. The van der Waals surface area contributed by atoms with Gasteiger partial charge in [-0.3, -0.25) is 37.3 Å². The lowest BCUT2D eigenvalue weighted by atomic mass is 9.99. The van der Waals surface area contributed by atoms with E-state index < -0.39 is 97.5 Å². The third-order valence-electron chi connectivity index (χ3n) is 16.5. The number of phosphoric acid groups is 2. The molecule has 5 unspecified atom stereocenters. The van der Waals surface area contributed by atoms with Gasteiger partial charge < -0.3 is 33.8 Å². The van der Waals surface area contributed by atoms with Gasteiger partial charge in [-0.15, -0.1) is 0 Å². The summed E-state index contributed by atoms with van der Waals surface area (Å²) in [6.07, 6.45) is 48.0. The van der Waals surface area contributed by atoms with E-state index in [1.165, 1.54) is 122 Å². The number of hydrogen-bond donors (Lipinski definition) is 3. The van der Waals surface area contributed by atoms with Crippen molar-refractivity contribution < 1.29 is 80.2 Å². The van der Waals surface area contributed by atoms with Gasteiger partial charge in [0.1, 0.15) is 19.3 Å². The standard InChI is InChI=1S/C71H134O17P2/c1-8-11-12-13-14-15-16-17-18-19-20-24-31-40-47-54-70(75)88-67(59-82-69(74)53-46-39-34-33-37-44-51-64(7)10-3)61-86-90(79,80)84-57-65(72)56-83-89(77,78)85-60-66(58-81-68(73)52-45-38-30-27-26-28-35-42-49-62(4)5)87-71(76)55-48-41-32-25-22-21-23-29-36-43-50-63(6)9-2/h15-18,62-67,72H,8-14,19-61H2,1-7H3,(H,77,78)(H,79,80)/b16-15-,18-17-/t63?,64?,65?,66-,67-/m1/s1. The molecule has 530 valence electrons. The summed E-state index contributed by atoms with van der Waals surface area (Å²) in [5.74, 6) is 0.0958. The molecule has 0 aromatic heterocycles. The summed E-state index contributed by atoms with van der Waals surface area (Å²) in [7, 11) is -9.92. The molecule has 0 saturated carbocycles. The van der Waals surface area contributed by atoms with Crippen LogP contribution in [0, 0.1) is 17.8 Å². The number of hydrogen-bond acceptors (Lipinski definition) is 15. The summed E-state index contributed by atoms with van der Waals surface area (Å²) >= 11 is 0. The first kappa shape index (κ1) is 87.5. The summed E-state index contributed by atoms with van der Waals surface area (Å²) in [5, 5.41) is 10.6. The van der Waals surface area contributed by atoms with Gasteiger partial charge in [0, 0.05) is 25.7 Å². The van der Waals surface area contributed by atoms with E-state index in [1.54, 1.807) is 0 Å². The molecule has 19 heteroatoms. The second kappa shape index (κ2) is 61.4. The van der Waals surface area contributed by atoms with Crippen LogP contribution in [-0.2, 0) is 65.4 Å². The second-order valence-electron chi connectivity index (χ2n) is 25.9. The number of aliphatic hydroxyl groups excluding tert-OH is 1. The maximum absolute atomic E-state index is 13.0. The van der Waals surface area contributed by atoms with Crippen LogP contribution in [-0.4, -0.2) is 96.7 Å². The Kier molecular flexibility index (Phi) is 59.7. The van der Waals surface area contributed by atoms with E-state index in [9.17, 15) is 43.2 Å². The van der Waals surface area contributed by atoms with E-state index >= 15 is 0 Å².